The third kappa shape index (κ3) is 3.58. The van der Waals surface area contributed by atoms with Gasteiger partial charge in [0.1, 0.15) is 11.6 Å². The summed E-state index contributed by atoms with van der Waals surface area (Å²) in [5.41, 5.74) is -0.0122. The molecular weight excluding hydrogens is 417 g/mol. The monoisotopic (exact) mass is 433 g/mol. The van der Waals surface area contributed by atoms with Crippen molar-refractivity contribution in [3.63, 3.8) is 0 Å². The molecule has 0 radical (unpaired) electrons. The lowest BCUT2D eigenvalue weighted by atomic mass is 10.1. The number of aryl methyl sites for hydroxylation is 1. The molecule has 1 N–H and O–H groups in total. The standard InChI is InChI=1S/C22H16FN5O4/c1-12-15(5-3-7-19(12)28(31)32)21(29)26-18-11-14(8-9-17(18)23)27-13(2)25-20-16(22(27)30)6-4-10-24-20/h3-11H,1-2H3,(H,26,29). The molecule has 9 nitrogen and oxygen atoms in total. The average Bonchev–Trinajstić information content (AvgIpc) is 2.75. The maximum absolute atomic E-state index is 14.5. The Hall–Kier alpha value is -4.47. The summed E-state index contributed by atoms with van der Waals surface area (Å²) in [7, 11) is 0. The summed E-state index contributed by atoms with van der Waals surface area (Å²) in [5.74, 6) is -1.11. The van der Waals surface area contributed by atoms with Gasteiger partial charge in [0, 0.05) is 23.4 Å². The molecule has 0 saturated heterocycles. The van der Waals surface area contributed by atoms with Crippen LogP contribution in [0.3, 0.4) is 0 Å². The Morgan fingerprint density at radius 3 is 2.69 bits per heavy atom. The van der Waals surface area contributed by atoms with Crippen molar-refractivity contribution in [2.24, 2.45) is 0 Å². The van der Waals surface area contributed by atoms with E-state index in [4.69, 9.17) is 0 Å². The van der Waals surface area contributed by atoms with Gasteiger partial charge < -0.3 is 5.32 Å². The molecule has 32 heavy (non-hydrogen) atoms. The quantitative estimate of drug-likeness (QED) is 0.387. The summed E-state index contributed by atoms with van der Waals surface area (Å²) in [6.45, 7) is 3.06. The number of hydrogen-bond acceptors (Lipinski definition) is 6. The van der Waals surface area contributed by atoms with Crippen molar-refractivity contribution in [3.8, 4) is 5.69 Å². The van der Waals surface area contributed by atoms with Crippen molar-refractivity contribution in [1.29, 1.82) is 0 Å². The Labute approximate surface area is 180 Å². The van der Waals surface area contributed by atoms with Crippen molar-refractivity contribution >= 4 is 28.3 Å². The van der Waals surface area contributed by atoms with E-state index in [0.29, 0.717) is 22.5 Å². The molecule has 0 spiro atoms. The van der Waals surface area contributed by atoms with Crippen molar-refractivity contribution in [1.82, 2.24) is 14.5 Å². The van der Waals surface area contributed by atoms with Gasteiger partial charge in [0.15, 0.2) is 5.65 Å². The van der Waals surface area contributed by atoms with E-state index in [-0.39, 0.29) is 28.1 Å². The molecule has 2 heterocycles. The Morgan fingerprint density at radius 2 is 1.94 bits per heavy atom. The van der Waals surface area contributed by atoms with E-state index in [1.807, 2.05) is 0 Å². The van der Waals surface area contributed by atoms with Gasteiger partial charge in [-0.25, -0.2) is 14.4 Å². The van der Waals surface area contributed by atoms with Crippen LogP contribution in [0.4, 0.5) is 15.8 Å². The molecule has 0 aliphatic rings. The molecule has 1 amide bonds. The second kappa shape index (κ2) is 7.99. The van der Waals surface area contributed by atoms with E-state index < -0.39 is 16.6 Å². The van der Waals surface area contributed by atoms with Crippen LogP contribution >= 0.6 is 0 Å². The predicted octanol–water partition coefficient (Wildman–Crippen LogP) is 3.70. The maximum Gasteiger partial charge on any atom is 0.273 e. The number of benzene rings is 2. The van der Waals surface area contributed by atoms with Gasteiger partial charge in [-0.3, -0.25) is 24.3 Å². The summed E-state index contributed by atoms with van der Waals surface area (Å²) in [6.07, 6.45) is 1.53. The van der Waals surface area contributed by atoms with Gasteiger partial charge in [-0.15, -0.1) is 0 Å². The Bertz CT molecular complexity index is 1460. The number of halogens is 1. The number of rotatable bonds is 4. The highest BCUT2D eigenvalue weighted by Crippen LogP contribution is 2.24. The van der Waals surface area contributed by atoms with Crippen LogP contribution in [0.2, 0.25) is 0 Å². The predicted molar refractivity (Wildman–Crippen MR) is 116 cm³/mol. The first-order chi connectivity index (χ1) is 15.3. The van der Waals surface area contributed by atoms with E-state index >= 15 is 0 Å². The van der Waals surface area contributed by atoms with Gasteiger partial charge in [-0.1, -0.05) is 6.07 Å². The Balaban J connectivity index is 1.76. The van der Waals surface area contributed by atoms with Gasteiger partial charge in [-0.2, -0.15) is 0 Å². The van der Waals surface area contributed by atoms with Crippen molar-refractivity contribution < 1.29 is 14.1 Å². The molecule has 2 aromatic carbocycles. The van der Waals surface area contributed by atoms with Gasteiger partial charge in [0.25, 0.3) is 17.2 Å². The normalized spacial score (nSPS) is 10.8. The van der Waals surface area contributed by atoms with Crippen LogP contribution in [-0.4, -0.2) is 25.4 Å². The highest BCUT2D eigenvalue weighted by Gasteiger charge is 2.19. The fourth-order valence-electron chi connectivity index (χ4n) is 3.43. The molecule has 4 aromatic rings. The summed E-state index contributed by atoms with van der Waals surface area (Å²) in [5, 5.41) is 13.9. The topological polar surface area (TPSA) is 120 Å². The molecule has 4 rings (SSSR count). The Morgan fingerprint density at radius 1 is 1.16 bits per heavy atom. The molecule has 0 saturated carbocycles. The van der Waals surface area contributed by atoms with Gasteiger partial charge in [-0.05, 0) is 50.2 Å². The molecule has 0 atom stereocenters. The van der Waals surface area contributed by atoms with E-state index in [1.165, 1.54) is 48.0 Å². The first-order valence-corrected chi connectivity index (χ1v) is 9.47. The number of hydrogen-bond donors (Lipinski definition) is 1. The van der Waals surface area contributed by atoms with Gasteiger partial charge in [0.2, 0.25) is 0 Å². The second-order valence-electron chi connectivity index (χ2n) is 7.00. The van der Waals surface area contributed by atoms with Gasteiger partial charge >= 0.3 is 0 Å². The van der Waals surface area contributed by atoms with E-state index in [1.54, 1.807) is 19.1 Å². The first-order valence-electron chi connectivity index (χ1n) is 9.47. The lowest BCUT2D eigenvalue weighted by Crippen LogP contribution is -2.23. The number of nitrogens with zero attached hydrogens (tertiary/aromatic N) is 4. The molecule has 160 valence electrons. The third-order valence-corrected chi connectivity index (χ3v) is 5.01. The molecule has 0 unspecified atom stereocenters. The average molecular weight is 433 g/mol. The minimum absolute atomic E-state index is 0.0378. The molecule has 10 heteroatoms. The Kier molecular flexibility index (Phi) is 5.19. The number of nitro groups is 1. The molecule has 0 aliphatic heterocycles. The number of amides is 1. The third-order valence-electron chi connectivity index (χ3n) is 5.01. The molecule has 2 aromatic heterocycles. The van der Waals surface area contributed by atoms with Crippen LogP contribution in [-0.2, 0) is 0 Å². The number of pyridine rings is 1. The highest BCUT2D eigenvalue weighted by atomic mass is 19.1. The summed E-state index contributed by atoms with van der Waals surface area (Å²) >= 11 is 0. The lowest BCUT2D eigenvalue weighted by molar-refractivity contribution is -0.385. The zero-order chi connectivity index (χ0) is 23.0. The highest BCUT2D eigenvalue weighted by molar-refractivity contribution is 6.06. The van der Waals surface area contributed by atoms with Crippen LogP contribution in [0.5, 0.6) is 0 Å². The van der Waals surface area contributed by atoms with Gasteiger partial charge in [0.05, 0.1) is 21.7 Å². The van der Waals surface area contributed by atoms with Crippen molar-refractivity contribution in [2.75, 3.05) is 5.32 Å². The SMILES string of the molecule is Cc1c(C(=O)Nc2cc(-n3c(C)nc4ncccc4c3=O)ccc2F)cccc1[N+](=O)[O-]. The number of carbonyl (C=O) groups excluding carboxylic acids is 1. The number of anilines is 1. The number of nitrogens with one attached hydrogen (secondary N) is 1. The molecule has 0 bridgehead atoms. The number of nitro benzene ring substituents is 1. The largest absolute Gasteiger partial charge is 0.319 e. The van der Waals surface area contributed by atoms with Crippen LogP contribution in [0.1, 0.15) is 21.7 Å². The van der Waals surface area contributed by atoms with Crippen LogP contribution in [0, 0.1) is 29.8 Å². The van der Waals surface area contributed by atoms with Crippen molar-refractivity contribution in [2.45, 2.75) is 13.8 Å². The molecular formula is C22H16FN5O4. The summed E-state index contributed by atoms with van der Waals surface area (Å²) < 4.78 is 15.8. The van der Waals surface area contributed by atoms with E-state index in [2.05, 4.69) is 15.3 Å². The molecule has 0 fully saturated rings. The number of fused-ring (bicyclic) bond motifs is 1. The number of carbonyl (C=O) groups is 1. The van der Waals surface area contributed by atoms with E-state index in [0.717, 1.165) is 6.07 Å². The fraction of sp³-hybridized carbons (Fsp3) is 0.0909. The number of aromatic nitrogens is 3. The smallest absolute Gasteiger partial charge is 0.273 e. The summed E-state index contributed by atoms with van der Waals surface area (Å²) in [6, 6.07) is 11.1. The van der Waals surface area contributed by atoms with Crippen LogP contribution in [0.15, 0.2) is 59.5 Å². The fourth-order valence-corrected chi connectivity index (χ4v) is 3.43. The minimum Gasteiger partial charge on any atom is -0.319 e. The lowest BCUT2D eigenvalue weighted by Gasteiger charge is -2.13. The van der Waals surface area contributed by atoms with Crippen LogP contribution in [0.25, 0.3) is 16.7 Å². The zero-order valence-corrected chi connectivity index (χ0v) is 17.0. The van der Waals surface area contributed by atoms with Crippen LogP contribution < -0.4 is 10.9 Å². The maximum atomic E-state index is 14.5. The minimum atomic E-state index is -0.730. The zero-order valence-electron chi connectivity index (χ0n) is 17.0. The first kappa shape index (κ1) is 20.8. The summed E-state index contributed by atoms with van der Waals surface area (Å²) in [4.78, 5) is 44.6. The van der Waals surface area contributed by atoms with Crippen molar-refractivity contribution in [3.05, 3.63) is 98.0 Å². The molecule has 0 aliphatic carbocycles. The second-order valence-corrected chi connectivity index (χ2v) is 7.00. The van der Waals surface area contributed by atoms with E-state index in [9.17, 15) is 24.1 Å².